The van der Waals surface area contributed by atoms with Gasteiger partial charge in [0.2, 0.25) is 0 Å². The fourth-order valence-electron chi connectivity index (χ4n) is 4.22. The molecule has 0 radical (unpaired) electrons. The Bertz CT molecular complexity index is 1240. The zero-order valence-corrected chi connectivity index (χ0v) is 29.3. The van der Waals surface area contributed by atoms with Gasteiger partial charge in [0.1, 0.15) is 30.7 Å². The Morgan fingerprint density at radius 2 is 1.32 bits per heavy atom. The Morgan fingerprint density at radius 1 is 0.795 bits per heavy atom. The predicted molar refractivity (Wildman–Crippen MR) is 173 cm³/mol. The zero-order chi connectivity index (χ0) is 33.1. The highest BCUT2D eigenvalue weighted by atomic mass is 28.4. The normalized spacial score (nSPS) is 23.1. The molecule has 0 amide bonds. The molecule has 0 aromatic heterocycles. The van der Waals surface area contributed by atoms with Gasteiger partial charge >= 0.3 is 11.9 Å². The van der Waals surface area contributed by atoms with E-state index in [2.05, 4.69) is 33.9 Å². The molecular weight excluding hydrogens is 576 g/mol. The lowest BCUT2D eigenvalue weighted by Crippen LogP contribution is -2.60. The first kappa shape index (κ1) is 35.8. The fourth-order valence-corrected chi connectivity index (χ4v) is 5.23. The van der Waals surface area contributed by atoms with Gasteiger partial charge in [-0.1, -0.05) is 63.2 Å². The third kappa shape index (κ3) is 9.16. The van der Waals surface area contributed by atoms with E-state index < -0.39 is 61.6 Å². The van der Waals surface area contributed by atoms with Crippen molar-refractivity contribution in [1.82, 2.24) is 0 Å². The summed E-state index contributed by atoms with van der Waals surface area (Å²) in [4.78, 5) is 26.4. The summed E-state index contributed by atoms with van der Waals surface area (Å²) in [6.45, 7) is 21.6. The summed E-state index contributed by atoms with van der Waals surface area (Å²) in [5.41, 5.74) is 0.0310. The van der Waals surface area contributed by atoms with Crippen molar-refractivity contribution in [2.45, 2.75) is 118 Å². The van der Waals surface area contributed by atoms with E-state index >= 15 is 0 Å². The lowest BCUT2D eigenvalue weighted by Gasteiger charge is -2.46. The third-order valence-electron chi connectivity index (χ3n) is 8.24. The minimum absolute atomic E-state index is 0.0775. The number of ether oxygens (including phenoxy) is 4. The second kappa shape index (κ2) is 13.7. The van der Waals surface area contributed by atoms with Gasteiger partial charge in [0.25, 0.3) is 0 Å². The molecule has 44 heavy (non-hydrogen) atoms. The van der Waals surface area contributed by atoms with Crippen molar-refractivity contribution in [3.63, 3.8) is 0 Å². The Hall–Kier alpha value is -2.72. The molecule has 8 nitrogen and oxygen atoms in total. The number of hydrogen-bond acceptors (Lipinski definition) is 8. The summed E-state index contributed by atoms with van der Waals surface area (Å²) in [5, 5.41) is 11.6. The van der Waals surface area contributed by atoms with E-state index in [1.807, 2.05) is 54.6 Å². The largest absolute Gasteiger partial charge is 0.489 e. The SMILES string of the molecule is CC(C)(C)C(=O)O[C@@H]1[C@@H](O)[C@@H](c2ccc(OCc3ccccc3)cc2)O[C@H](CO[Si](C)(C)C(C)(C)C)[C@H]1OC(=O)C(C)(C)C. The molecule has 0 saturated carbocycles. The summed E-state index contributed by atoms with van der Waals surface area (Å²) in [6.07, 6.45) is -5.28. The summed E-state index contributed by atoms with van der Waals surface area (Å²) in [7, 11) is -2.25. The van der Waals surface area contributed by atoms with Crippen molar-refractivity contribution >= 4 is 20.3 Å². The molecule has 1 heterocycles. The van der Waals surface area contributed by atoms with E-state index in [-0.39, 0.29) is 11.6 Å². The number of benzene rings is 2. The highest BCUT2D eigenvalue weighted by Crippen LogP contribution is 2.40. The molecule has 2 aromatic carbocycles. The van der Waals surface area contributed by atoms with Crippen LogP contribution in [0.25, 0.3) is 0 Å². The van der Waals surface area contributed by atoms with Crippen molar-refractivity contribution in [1.29, 1.82) is 0 Å². The standard InChI is InChI=1S/C35H52O8Si/c1-33(2,3)31(37)42-29-26(22-40-44(10,11)35(7,8)9)41-28(27(36)30(29)43-32(38)34(4,5)6)24-17-19-25(20-18-24)39-21-23-15-13-12-14-16-23/h12-20,26-30,36H,21-22H2,1-11H3/t26-,27+,28-,29-,30-/m1/s1. The van der Waals surface area contributed by atoms with Crippen LogP contribution in [0, 0.1) is 10.8 Å². The van der Waals surface area contributed by atoms with Crippen LogP contribution in [-0.4, -0.2) is 56.4 Å². The van der Waals surface area contributed by atoms with E-state index in [1.54, 1.807) is 41.5 Å². The van der Waals surface area contributed by atoms with Crippen molar-refractivity contribution in [2.24, 2.45) is 10.8 Å². The van der Waals surface area contributed by atoms with Crippen LogP contribution in [0.1, 0.15) is 79.5 Å². The molecule has 0 unspecified atom stereocenters. The number of esters is 2. The molecule has 3 rings (SSSR count). The van der Waals surface area contributed by atoms with Crippen LogP contribution in [0.5, 0.6) is 5.75 Å². The van der Waals surface area contributed by atoms with Gasteiger partial charge in [-0.05, 0) is 82.9 Å². The van der Waals surface area contributed by atoms with Crippen molar-refractivity contribution in [3.8, 4) is 5.75 Å². The number of rotatable bonds is 9. The van der Waals surface area contributed by atoms with Gasteiger partial charge in [0, 0.05) is 0 Å². The lowest BCUT2D eigenvalue weighted by atomic mass is 9.89. The average Bonchev–Trinajstić information content (AvgIpc) is 2.92. The monoisotopic (exact) mass is 628 g/mol. The van der Waals surface area contributed by atoms with Crippen LogP contribution in [0.4, 0.5) is 0 Å². The molecule has 0 bridgehead atoms. The highest BCUT2D eigenvalue weighted by Gasteiger charge is 2.52. The van der Waals surface area contributed by atoms with Gasteiger partial charge in [-0.15, -0.1) is 0 Å². The van der Waals surface area contributed by atoms with Crippen molar-refractivity contribution in [2.75, 3.05) is 6.61 Å². The van der Waals surface area contributed by atoms with Crippen LogP contribution in [0.15, 0.2) is 54.6 Å². The zero-order valence-electron chi connectivity index (χ0n) is 28.3. The Balaban J connectivity index is 1.96. The quantitative estimate of drug-likeness (QED) is 0.234. The Morgan fingerprint density at radius 3 is 1.82 bits per heavy atom. The maximum Gasteiger partial charge on any atom is 0.311 e. The molecular formula is C35H52O8Si. The number of carbonyl (C=O) groups is 2. The van der Waals surface area contributed by atoms with Crippen LogP contribution >= 0.6 is 0 Å². The predicted octanol–water partition coefficient (Wildman–Crippen LogP) is 7.00. The number of aliphatic hydroxyl groups excluding tert-OH is 1. The molecule has 9 heteroatoms. The first-order chi connectivity index (χ1) is 20.2. The minimum atomic E-state index is -2.25. The van der Waals surface area contributed by atoms with E-state index in [0.717, 1.165) is 5.56 Å². The Kier molecular flexibility index (Phi) is 11.2. The molecule has 244 valence electrons. The molecule has 1 aliphatic heterocycles. The van der Waals surface area contributed by atoms with Crippen molar-refractivity contribution < 1.29 is 38.1 Å². The highest BCUT2D eigenvalue weighted by molar-refractivity contribution is 6.74. The van der Waals surface area contributed by atoms with Crippen molar-refractivity contribution in [3.05, 3.63) is 65.7 Å². The van der Waals surface area contributed by atoms with Crippen LogP contribution in [-0.2, 0) is 34.8 Å². The van der Waals surface area contributed by atoms with Crippen LogP contribution in [0.2, 0.25) is 18.1 Å². The second-order valence-electron chi connectivity index (χ2n) is 15.2. The first-order valence-electron chi connectivity index (χ1n) is 15.4. The smallest absolute Gasteiger partial charge is 0.311 e. The van der Waals surface area contributed by atoms with Gasteiger partial charge < -0.3 is 28.5 Å². The molecule has 1 aliphatic rings. The average molecular weight is 629 g/mol. The number of aliphatic hydroxyl groups is 1. The lowest BCUT2D eigenvalue weighted by molar-refractivity contribution is -0.252. The summed E-state index contributed by atoms with van der Waals surface area (Å²) < 4.78 is 31.0. The van der Waals surface area contributed by atoms with Crippen LogP contribution in [0.3, 0.4) is 0 Å². The Labute approximate surface area is 264 Å². The van der Waals surface area contributed by atoms with E-state index in [4.69, 9.17) is 23.4 Å². The minimum Gasteiger partial charge on any atom is -0.489 e. The molecule has 0 aliphatic carbocycles. The molecule has 0 spiro atoms. The summed E-state index contributed by atoms with van der Waals surface area (Å²) >= 11 is 0. The topological polar surface area (TPSA) is 101 Å². The van der Waals surface area contributed by atoms with Gasteiger partial charge in [-0.25, -0.2) is 0 Å². The summed E-state index contributed by atoms with van der Waals surface area (Å²) in [5.74, 6) is -0.355. The molecule has 1 saturated heterocycles. The molecule has 1 N–H and O–H groups in total. The number of hydrogen-bond donors (Lipinski definition) is 1. The molecule has 1 fully saturated rings. The van der Waals surface area contributed by atoms with Gasteiger partial charge in [0.05, 0.1) is 17.4 Å². The molecule has 2 aromatic rings. The van der Waals surface area contributed by atoms with E-state index in [1.165, 1.54) is 0 Å². The maximum absolute atomic E-state index is 13.2. The number of carbonyl (C=O) groups excluding carboxylic acids is 2. The summed E-state index contributed by atoms with van der Waals surface area (Å²) in [6, 6.07) is 17.2. The van der Waals surface area contributed by atoms with Gasteiger partial charge in [-0.3, -0.25) is 9.59 Å². The van der Waals surface area contributed by atoms with Crippen LogP contribution < -0.4 is 4.74 Å². The van der Waals surface area contributed by atoms with Gasteiger partial charge in [0.15, 0.2) is 20.5 Å². The third-order valence-corrected chi connectivity index (χ3v) is 12.7. The first-order valence-corrected chi connectivity index (χ1v) is 18.3. The van der Waals surface area contributed by atoms with Gasteiger partial charge in [-0.2, -0.15) is 0 Å². The molecule has 5 atom stereocenters. The fraction of sp³-hybridized carbons (Fsp3) is 0.600. The second-order valence-corrected chi connectivity index (χ2v) is 20.0. The van der Waals surface area contributed by atoms with E-state index in [9.17, 15) is 14.7 Å². The maximum atomic E-state index is 13.2. The van der Waals surface area contributed by atoms with E-state index in [0.29, 0.717) is 17.9 Å².